The summed E-state index contributed by atoms with van der Waals surface area (Å²) in [5.74, 6) is -1.00. The van der Waals surface area contributed by atoms with Crippen molar-refractivity contribution < 1.29 is 19.1 Å². The van der Waals surface area contributed by atoms with Crippen LogP contribution >= 0.6 is 0 Å². The molecule has 2 rings (SSSR count). The van der Waals surface area contributed by atoms with Gasteiger partial charge < -0.3 is 10.4 Å². The predicted octanol–water partition coefficient (Wildman–Crippen LogP) is 1.28. The molecule has 1 fully saturated rings. The van der Waals surface area contributed by atoms with Crippen molar-refractivity contribution in [2.75, 3.05) is 26.2 Å². The number of carboxylic acids is 1. The number of benzene rings is 1. The predicted molar refractivity (Wildman–Crippen MR) is 79.9 cm³/mol. The van der Waals surface area contributed by atoms with Gasteiger partial charge in [0.2, 0.25) is 5.91 Å². The first-order valence-electron chi connectivity index (χ1n) is 7.48. The molecule has 1 aromatic rings. The Morgan fingerprint density at radius 2 is 2.05 bits per heavy atom. The number of halogens is 1. The third-order valence-corrected chi connectivity index (χ3v) is 3.92. The minimum atomic E-state index is -1.04. The Bertz CT molecular complexity index is 528. The molecule has 0 unspecified atom stereocenters. The van der Waals surface area contributed by atoms with Gasteiger partial charge >= 0.3 is 5.97 Å². The van der Waals surface area contributed by atoms with Gasteiger partial charge in [0.1, 0.15) is 12.4 Å². The lowest BCUT2D eigenvalue weighted by Crippen LogP contribution is -2.42. The molecule has 1 amide bonds. The largest absolute Gasteiger partial charge is 0.480 e. The van der Waals surface area contributed by atoms with Gasteiger partial charge in [0.15, 0.2) is 0 Å². The van der Waals surface area contributed by atoms with E-state index in [9.17, 15) is 14.0 Å². The molecule has 1 heterocycles. The van der Waals surface area contributed by atoms with E-state index in [0.717, 1.165) is 37.9 Å². The van der Waals surface area contributed by atoms with Crippen molar-refractivity contribution in [2.24, 2.45) is 5.92 Å². The number of amides is 1. The molecule has 22 heavy (non-hydrogen) atoms. The summed E-state index contributed by atoms with van der Waals surface area (Å²) in [6, 6.07) is 6.69. The SMILES string of the molecule is O=C(O)CNC(=O)CN1CCC(Cc2cccc(F)c2)CC1. The fourth-order valence-corrected chi connectivity index (χ4v) is 2.78. The average Bonchev–Trinajstić information content (AvgIpc) is 2.47. The highest BCUT2D eigenvalue weighted by Gasteiger charge is 2.21. The topological polar surface area (TPSA) is 69.6 Å². The van der Waals surface area contributed by atoms with Crippen LogP contribution in [0.5, 0.6) is 0 Å². The zero-order valence-corrected chi connectivity index (χ0v) is 12.4. The number of nitrogens with one attached hydrogen (secondary N) is 1. The van der Waals surface area contributed by atoms with Crippen LogP contribution in [0.15, 0.2) is 24.3 Å². The average molecular weight is 308 g/mol. The first-order valence-corrected chi connectivity index (χ1v) is 7.48. The van der Waals surface area contributed by atoms with Crippen molar-refractivity contribution in [3.05, 3.63) is 35.6 Å². The van der Waals surface area contributed by atoms with Gasteiger partial charge in [-0.05, 0) is 56.0 Å². The fourth-order valence-electron chi connectivity index (χ4n) is 2.78. The second kappa shape index (κ2) is 7.89. The van der Waals surface area contributed by atoms with Crippen molar-refractivity contribution in [3.8, 4) is 0 Å². The molecule has 0 saturated carbocycles. The van der Waals surface area contributed by atoms with E-state index in [-0.39, 0.29) is 24.8 Å². The number of nitrogens with zero attached hydrogens (tertiary/aromatic N) is 1. The number of carboxylic acid groups (broad SMARTS) is 1. The monoisotopic (exact) mass is 308 g/mol. The Labute approximate surface area is 129 Å². The molecule has 120 valence electrons. The number of hydrogen-bond acceptors (Lipinski definition) is 3. The first kappa shape index (κ1) is 16.4. The molecule has 6 heteroatoms. The molecule has 0 aliphatic carbocycles. The van der Waals surface area contributed by atoms with Crippen molar-refractivity contribution >= 4 is 11.9 Å². The van der Waals surface area contributed by atoms with Crippen LogP contribution in [0.3, 0.4) is 0 Å². The van der Waals surface area contributed by atoms with E-state index in [1.807, 2.05) is 11.0 Å². The van der Waals surface area contributed by atoms with Crippen LogP contribution in [0.2, 0.25) is 0 Å². The summed E-state index contributed by atoms with van der Waals surface area (Å²) >= 11 is 0. The van der Waals surface area contributed by atoms with Crippen LogP contribution in [-0.4, -0.2) is 48.1 Å². The highest BCUT2D eigenvalue weighted by Crippen LogP contribution is 2.21. The zero-order chi connectivity index (χ0) is 15.9. The van der Waals surface area contributed by atoms with E-state index in [0.29, 0.717) is 5.92 Å². The maximum atomic E-state index is 13.2. The third-order valence-electron chi connectivity index (χ3n) is 3.92. The van der Waals surface area contributed by atoms with Crippen molar-refractivity contribution in [2.45, 2.75) is 19.3 Å². The summed E-state index contributed by atoms with van der Waals surface area (Å²) in [5, 5.41) is 10.9. The number of likely N-dealkylation sites (tertiary alicyclic amines) is 1. The Kier molecular flexibility index (Phi) is 5.89. The van der Waals surface area contributed by atoms with E-state index in [2.05, 4.69) is 5.32 Å². The molecule has 0 spiro atoms. The van der Waals surface area contributed by atoms with E-state index in [1.165, 1.54) is 6.07 Å². The van der Waals surface area contributed by atoms with Crippen LogP contribution in [-0.2, 0) is 16.0 Å². The molecule has 5 nitrogen and oxygen atoms in total. The molecular weight excluding hydrogens is 287 g/mol. The van der Waals surface area contributed by atoms with Crippen LogP contribution < -0.4 is 5.32 Å². The quantitative estimate of drug-likeness (QED) is 0.830. The first-order chi connectivity index (χ1) is 10.5. The van der Waals surface area contributed by atoms with Crippen LogP contribution in [0.25, 0.3) is 0 Å². The van der Waals surface area contributed by atoms with E-state index < -0.39 is 5.97 Å². The van der Waals surface area contributed by atoms with Gasteiger partial charge in [-0.3, -0.25) is 14.5 Å². The Morgan fingerprint density at radius 3 is 2.68 bits per heavy atom. The third kappa shape index (κ3) is 5.44. The number of rotatable bonds is 6. The summed E-state index contributed by atoms with van der Waals surface area (Å²) < 4.78 is 13.2. The maximum Gasteiger partial charge on any atom is 0.322 e. The van der Waals surface area contributed by atoms with Crippen molar-refractivity contribution in [1.29, 1.82) is 0 Å². The van der Waals surface area contributed by atoms with E-state index >= 15 is 0 Å². The fraction of sp³-hybridized carbons (Fsp3) is 0.500. The van der Waals surface area contributed by atoms with Gasteiger partial charge in [0.25, 0.3) is 0 Å². The van der Waals surface area contributed by atoms with Crippen LogP contribution in [0.1, 0.15) is 18.4 Å². The highest BCUT2D eigenvalue weighted by molar-refractivity contribution is 5.82. The molecule has 0 aromatic heterocycles. The van der Waals surface area contributed by atoms with Gasteiger partial charge in [-0.2, -0.15) is 0 Å². The molecule has 0 radical (unpaired) electrons. The van der Waals surface area contributed by atoms with Crippen molar-refractivity contribution in [3.63, 3.8) is 0 Å². The summed E-state index contributed by atoms with van der Waals surface area (Å²) in [6.45, 7) is 1.51. The van der Waals surface area contributed by atoms with Gasteiger partial charge in [0.05, 0.1) is 6.54 Å². The van der Waals surface area contributed by atoms with Crippen molar-refractivity contribution in [1.82, 2.24) is 10.2 Å². The Hall–Kier alpha value is -1.95. The maximum absolute atomic E-state index is 13.2. The lowest BCUT2D eigenvalue weighted by Gasteiger charge is -2.31. The zero-order valence-electron chi connectivity index (χ0n) is 12.4. The molecule has 0 bridgehead atoms. The van der Waals surface area contributed by atoms with E-state index in [1.54, 1.807) is 12.1 Å². The highest BCUT2D eigenvalue weighted by atomic mass is 19.1. The molecule has 1 saturated heterocycles. The normalized spacial score (nSPS) is 16.4. The van der Waals surface area contributed by atoms with Crippen LogP contribution in [0.4, 0.5) is 4.39 Å². The number of hydrogen-bond donors (Lipinski definition) is 2. The summed E-state index contributed by atoms with van der Waals surface area (Å²) in [4.78, 5) is 24.0. The number of piperidine rings is 1. The standard InChI is InChI=1S/C16H21FN2O3/c17-14-3-1-2-13(9-14)8-12-4-6-19(7-5-12)11-15(20)18-10-16(21)22/h1-3,9,12H,4-8,10-11H2,(H,18,20)(H,21,22). The lowest BCUT2D eigenvalue weighted by atomic mass is 9.90. The number of carbonyl (C=O) groups is 2. The lowest BCUT2D eigenvalue weighted by molar-refractivity contribution is -0.138. The molecule has 1 aromatic carbocycles. The Balaban J connectivity index is 1.71. The minimum absolute atomic E-state index is 0.204. The van der Waals surface area contributed by atoms with Crippen LogP contribution in [0, 0.1) is 11.7 Å². The molecule has 1 aliphatic rings. The molecule has 0 atom stereocenters. The van der Waals surface area contributed by atoms with Gasteiger partial charge in [-0.1, -0.05) is 12.1 Å². The van der Waals surface area contributed by atoms with E-state index in [4.69, 9.17) is 5.11 Å². The second-order valence-corrected chi connectivity index (χ2v) is 5.72. The summed E-state index contributed by atoms with van der Waals surface area (Å²) in [5.41, 5.74) is 1.01. The number of carbonyl (C=O) groups excluding carboxylic acids is 1. The smallest absolute Gasteiger partial charge is 0.322 e. The molecule has 2 N–H and O–H groups in total. The second-order valence-electron chi connectivity index (χ2n) is 5.72. The van der Waals surface area contributed by atoms with Gasteiger partial charge in [0, 0.05) is 0 Å². The molecular formula is C16H21FN2O3. The Morgan fingerprint density at radius 1 is 1.32 bits per heavy atom. The number of aliphatic carboxylic acids is 1. The summed E-state index contributed by atoms with van der Waals surface area (Å²) in [7, 11) is 0. The van der Waals surface area contributed by atoms with Gasteiger partial charge in [-0.15, -0.1) is 0 Å². The minimum Gasteiger partial charge on any atom is -0.480 e. The van der Waals surface area contributed by atoms with Gasteiger partial charge in [-0.25, -0.2) is 4.39 Å². The summed E-state index contributed by atoms with van der Waals surface area (Å²) in [6.07, 6.45) is 2.78. The molecule has 1 aliphatic heterocycles.